The Balaban J connectivity index is 2.07. The van der Waals surface area contributed by atoms with Gasteiger partial charge in [-0.15, -0.1) is 11.6 Å². The van der Waals surface area contributed by atoms with E-state index in [2.05, 4.69) is 4.90 Å². The van der Waals surface area contributed by atoms with Crippen molar-refractivity contribution >= 4 is 29.1 Å². The van der Waals surface area contributed by atoms with Crippen molar-refractivity contribution in [1.29, 1.82) is 0 Å². The van der Waals surface area contributed by atoms with Crippen molar-refractivity contribution in [3.05, 3.63) is 34.4 Å². The average Bonchev–Trinajstić information content (AvgIpc) is 2.43. The van der Waals surface area contributed by atoms with Crippen molar-refractivity contribution in [3.8, 4) is 0 Å². The highest BCUT2D eigenvalue weighted by Crippen LogP contribution is 2.21. The van der Waals surface area contributed by atoms with Gasteiger partial charge in [0.2, 0.25) is 0 Å². The van der Waals surface area contributed by atoms with Gasteiger partial charge in [-0.2, -0.15) is 0 Å². The second kappa shape index (κ2) is 6.70. The molecule has 0 spiro atoms. The van der Waals surface area contributed by atoms with Crippen molar-refractivity contribution < 1.29 is 13.6 Å². The highest BCUT2D eigenvalue weighted by atomic mass is 35.5. The Morgan fingerprint density at radius 2 is 1.80 bits per heavy atom. The molecule has 2 rings (SSSR count). The number of benzene rings is 1. The van der Waals surface area contributed by atoms with Crippen LogP contribution in [0.4, 0.5) is 8.78 Å². The zero-order valence-corrected chi connectivity index (χ0v) is 12.2. The van der Waals surface area contributed by atoms with Gasteiger partial charge in [0.1, 0.15) is 11.6 Å². The van der Waals surface area contributed by atoms with Crippen molar-refractivity contribution in [2.45, 2.75) is 0 Å². The number of piperazine rings is 1. The van der Waals surface area contributed by atoms with Gasteiger partial charge in [-0.1, -0.05) is 11.6 Å². The van der Waals surface area contributed by atoms with Crippen LogP contribution in [0, 0.1) is 11.6 Å². The van der Waals surface area contributed by atoms with Crippen LogP contribution in [0.15, 0.2) is 12.1 Å². The maximum atomic E-state index is 13.7. The van der Waals surface area contributed by atoms with Gasteiger partial charge in [0, 0.05) is 38.6 Å². The first-order chi connectivity index (χ1) is 9.52. The van der Waals surface area contributed by atoms with E-state index in [1.807, 2.05) is 0 Å². The first-order valence-corrected chi connectivity index (χ1v) is 7.16. The molecule has 0 unspecified atom stereocenters. The van der Waals surface area contributed by atoms with Crippen LogP contribution < -0.4 is 0 Å². The lowest BCUT2D eigenvalue weighted by molar-refractivity contribution is 0.0639. The normalized spacial score (nSPS) is 16.5. The van der Waals surface area contributed by atoms with Gasteiger partial charge < -0.3 is 4.90 Å². The zero-order valence-electron chi connectivity index (χ0n) is 10.7. The summed E-state index contributed by atoms with van der Waals surface area (Å²) in [5.74, 6) is -1.57. The monoisotopic (exact) mass is 322 g/mol. The van der Waals surface area contributed by atoms with E-state index in [4.69, 9.17) is 23.2 Å². The summed E-state index contributed by atoms with van der Waals surface area (Å²) in [6.07, 6.45) is 0. The highest BCUT2D eigenvalue weighted by Gasteiger charge is 2.24. The van der Waals surface area contributed by atoms with Crippen LogP contribution in [-0.2, 0) is 0 Å². The lowest BCUT2D eigenvalue weighted by atomic mass is 10.1. The first kappa shape index (κ1) is 15.5. The van der Waals surface area contributed by atoms with Gasteiger partial charge in [0.05, 0.1) is 10.6 Å². The molecule has 110 valence electrons. The zero-order chi connectivity index (χ0) is 14.7. The molecule has 1 fully saturated rings. The molecule has 7 heteroatoms. The standard InChI is InChI=1S/C13H14Cl2F2N2O/c14-1-2-18-3-5-19(6-4-18)13(20)9-7-12(17)10(15)8-11(9)16/h7-8H,1-6H2. The first-order valence-electron chi connectivity index (χ1n) is 6.25. The summed E-state index contributed by atoms with van der Waals surface area (Å²) in [6, 6.07) is 1.68. The van der Waals surface area contributed by atoms with E-state index in [1.54, 1.807) is 0 Å². The Kier molecular flexibility index (Phi) is 5.18. The molecule has 3 nitrogen and oxygen atoms in total. The summed E-state index contributed by atoms with van der Waals surface area (Å²) in [4.78, 5) is 15.8. The number of rotatable bonds is 3. The fourth-order valence-electron chi connectivity index (χ4n) is 2.15. The number of alkyl halides is 1. The third kappa shape index (κ3) is 3.40. The van der Waals surface area contributed by atoms with Crippen LogP contribution >= 0.6 is 23.2 Å². The molecule has 0 atom stereocenters. The van der Waals surface area contributed by atoms with Gasteiger partial charge >= 0.3 is 0 Å². The topological polar surface area (TPSA) is 23.6 Å². The number of hydrogen-bond donors (Lipinski definition) is 0. The fraction of sp³-hybridized carbons (Fsp3) is 0.462. The van der Waals surface area contributed by atoms with Gasteiger partial charge in [-0.3, -0.25) is 9.69 Å². The lowest BCUT2D eigenvalue weighted by Gasteiger charge is -2.34. The number of carbonyl (C=O) groups excluding carboxylic acids is 1. The molecule has 0 radical (unpaired) electrons. The Labute approximate surface area is 126 Å². The molecule has 1 saturated heterocycles. The number of amides is 1. The Morgan fingerprint density at radius 1 is 1.15 bits per heavy atom. The maximum Gasteiger partial charge on any atom is 0.257 e. The minimum atomic E-state index is -0.801. The van der Waals surface area contributed by atoms with E-state index in [-0.39, 0.29) is 10.6 Å². The van der Waals surface area contributed by atoms with Crippen molar-refractivity contribution in [3.63, 3.8) is 0 Å². The largest absolute Gasteiger partial charge is 0.336 e. The number of hydrogen-bond acceptors (Lipinski definition) is 2. The summed E-state index contributed by atoms with van der Waals surface area (Å²) in [5.41, 5.74) is -0.280. The molecule has 0 bridgehead atoms. The molecule has 0 aliphatic carbocycles. The van der Waals surface area contributed by atoms with Crippen LogP contribution in [0.2, 0.25) is 5.02 Å². The molecule has 1 heterocycles. The molecule has 20 heavy (non-hydrogen) atoms. The average molecular weight is 323 g/mol. The maximum absolute atomic E-state index is 13.7. The summed E-state index contributed by atoms with van der Waals surface area (Å²) in [6.45, 7) is 3.05. The molecule has 0 saturated carbocycles. The van der Waals surface area contributed by atoms with Crippen LogP contribution in [-0.4, -0.2) is 54.3 Å². The van der Waals surface area contributed by atoms with Crippen molar-refractivity contribution in [2.75, 3.05) is 38.6 Å². The summed E-state index contributed by atoms with van der Waals surface area (Å²) < 4.78 is 27.1. The molecule has 1 aromatic carbocycles. The van der Waals surface area contributed by atoms with Crippen LogP contribution in [0.3, 0.4) is 0 Å². The third-order valence-corrected chi connectivity index (χ3v) is 3.76. The predicted molar refractivity (Wildman–Crippen MR) is 74.4 cm³/mol. The van der Waals surface area contributed by atoms with Gasteiger partial charge in [0.25, 0.3) is 5.91 Å². The number of halogens is 4. The number of carbonyl (C=O) groups is 1. The molecule has 1 aliphatic rings. The second-order valence-corrected chi connectivity index (χ2v) is 5.35. The van der Waals surface area contributed by atoms with Crippen LogP contribution in [0.1, 0.15) is 10.4 Å². The Morgan fingerprint density at radius 3 is 2.40 bits per heavy atom. The predicted octanol–water partition coefficient (Wildman–Crippen LogP) is 2.61. The van der Waals surface area contributed by atoms with Crippen molar-refractivity contribution in [1.82, 2.24) is 9.80 Å². The molecular formula is C13H14Cl2F2N2O. The van der Waals surface area contributed by atoms with Gasteiger partial charge in [0.15, 0.2) is 0 Å². The van der Waals surface area contributed by atoms with E-state index in [0.717, 1.165) is 18.7 Å². The fourth-order valence-corrected chi connectivity index (χ4v) is 2.54. The van der Waals surface area contributed by atoms with E-state index in [1.165, 1.54) is 4.90 Å². The Bertz CT molecular complexity index is 505. The molecule has 1 aromatic rings. The summed E-state index contributed by atoms with van der Waals surface area (Å²) in [7, 11) is 0. The highest BCUT2D eigenvalue weighted by molar-refractivity contribution is 6.30. The van der Waals surface area contributed by atoms with E-state index >= 15 is 0 Å². The molecule has 1 amide bonds. The molecule has 1 aliphatic heterocycles. The van der Waals surface area contributed by atoms with E-state index in [0.29, 0.717) is 32.1 Å². The van der Waals surface area contributed by atoms with Gasteiger partial charge in [-0.25, -0.2) is 8.78 Å². The smallest absolute Gasteiger partial charge is 0.257 e. The molecular weight excluding hydrogens is 309 g/mol. The SMILES string of the molecule is O=C(c1cc(F)c(Cl)cc1F)N1CCN(CCCl)CC1. The van der Waals surface area contributed by atoms with Gasteiger partial charge in [-0.05, 0) is 12.1 Å². The van der Waals surface area contributed by atoms with E-state index in [9.17, 15) is 13.6 Å². The molecule has 0 N–H and O–H groups in total. The third-order valence-electron chi connectivity index (χ3n) is 3.30. The number of nitrogens with zero attached hydrogens (tertiary/aromatic N) is 2. The van der Waals surface area contributed by atoms with Crippen LogP contribution in [0.25, 0.3) is 0 Å². The van der Waals surface area contributed by atoms with E-state index < -0.39 is 17.5 Å². The summed E-state index contributed by atoms with van der Waals surface area (Å²) >= 11 is 11.1. The second-order valence-electron chi connectivity index (χ2n) is 4.57. The van der Waals surface area contributed by atoms with Crippen molar-refractivity contribution in [2.24, 2.45) is 0 Å². The minimum Gasteiger partial charge on any atom is -0.336 e. The van der Waals surface area contributed by atoms with Crippen LogP contribution in [0.5, 0.6) is 0 Å². The minimum absolute atomic E-state index is 0.280. The quantitative estimate of drug-likeness (QED) is 0.631. The Hall–Kier alpha value is -0.910. The molecule has 0 aromatic heterocycles. The summed E-state index contributed by atoms with van der Waals surface area (Å²) in [5, 5.41) is -0.328. The lowest BCUT2D eigenvalue weighted by Crippen LogP contribution is -2.49.